The monoisotopic (exact) mass is 199 g/mol. The highest BCUT2D eigenvalue weighted by atomic mass is 16.2. The Hall–Kier alpha value is -0.770. The first-order valence-electron chi connectivity index (χ1n) is 5.40. The lowest BCUT2D eigenvalue weighted by atomic mass is 10.0. The van der Waals surface area contributed by atoms with Gasteiger partial charge >= 0.3 is 6.03 Å². The Morgan fingerprint density at radius 2 is 2.00 bits per heavy atom. The fraction of sp³-hybridized carbons (Fsp3) is 0.900. The molecule has 0 aromatic carbocycles. The van der Waals surface area contributed by atoms with Crippen molar-refractivity contribution in [1.29, 1.82) is 0 Å². The van der Waals surface area contributed by atoms with Crippen LogP contribution in [0.25, 0.3) is 0 Å². The van der Waals surface area contributed by atoms with E-state index in [1.54, 1.807) is 0 Å². The average molecular weight is 199 g/mol. The van der Waals surface area contributed by atoms with Crippen LogP contribution in [-0.2, 0) is 0 Å². The molecule has 0 aliphatic carbocycles. The first kappa shape index (κ1) is 11.3. The molecule has 2 atom stereocenters. The van der Waals surface area contributed by atoms with Crippen molar-refractivity contribution in [3.05, 3.63) is 0 Å². The lowest BCUT2D eigenvalue weighted by molar-refractivity contribution is 0.201. The molecule has 2 amide bonds. The highest BCUT2D eigenvalue weighted by molar-refractivity contribution is 5.74. The number of rotatable bonds is 3. The number of carbonyl (C=O) groups is 1. The lowest BCUT2D eigenvalue weighted by Crippen LogP contribution is -2.46. The number of hydrogen-bond donors (Lipinski definition) is 2. The van der Waals surface area contributed by atoms with Gasteiger partial charge in [-0.2, -0.15) is 0 Å². The Bertz CT molecular complexity index is 190. The molecule has 1 saturated heterocycles. The maximum atomic E-state index is 11.7. The van der Waals surface area contributed by atoms with Crippen LogP contribution in [0.2, 0.25) is 0 Å². The number of nitrogens with one attached hydrogen (secondary N) is 1. The van der Waals surface area contributed by atoms with Gasteiger partial charge in [0, 0.05) is 19.1 Å². The Kier molecular flexibility index (Phi) is 4.20. The van der Waals surface area contributed by atoms with Crippen molar-refractivity contribution in [2.75, 3.05) is 19.6 Å². The highest BCUT2D eigenvalue weighted by Gasteiger charge is 2.20. The minimum absolute atomic E-state index is 0.0651. The average Bonchev–Trinajstić information content (AvgIpc) is 2.69. The quantitative estimate of drug-likeness (QED) is 0.705. The predicted molar refractivity (Wildman–Crippen MR) is 57.0 cm³/mol. The number of urea groups is 1. The van der Waals surface area contributed by atoms with Gasteiger partial charge in [-0.05, 0) is 32.2 Å². The zero-order valence-electron chi connectivity index (χ0n) is 9.12. The summed E-state index contributed by atoms with van der Waals surface area (Å²) in [6, 6.07) is 0.225. The number of carbonyl (C=O) groups excluding carboxylic acids is 1. The third-order valence-corrected chi connectivity index (χ3v) is 2.97. The third-order valence-electron chi connectivity index (χ3n) is 2.97. The molecular formula is C10H21N3O. The Morgan fingerprint density at radius 3 is 2.50 bits per heavy atom. The van der Waals surface area contributed by atoms with Gasteiger partial charge < -0.3 is 16.0 Å². The molecule has 0 spiro atoms. The molecule has 4 nitrogen and oxygen atoms in total. The lowest BCUT2D eigenvalue weighted by Gasteiger charge is -2.23. The minimum Gasteiger partial charge on any atom is -0.335 e. The van der Waals surface area contributed by atoms with E-state index in [1.165, 1.54) is 0 Å². The Balaban J connectivity index is 2.31. The van der Waals surface area contributed by atoms with E-state index in [0.29, 0.717) is 12.5 Å². The molecule has 0 saturated carbocycles. The summed E-state index contributed by atoms with van der Waals surface area (Å²) in [6.45, 7) is 6.47. The molecule has 82 valence electrons. The van der Waals surface area contributed by atoms with Crippen LogP contribution >= 0.6 is 0 Å². The summed E-state index contributed by atoms with van der Waals surface area (Å²) in [6.07, 6.45) is 2.27. The van der Waals surface area contributed by atoms with E-state index in [2.05, 4.69) is 12.2 Å². The van der Waals surface area contributed by atoms with E-state index in [4.69, 9.17) is 5.73 Å². The molecular weight excluding hydrogens is 178 g/mol. The summed E-state index contributed by atoms with van der Waals surface area (Å²) in [5, 5.41) is 2.98. The SMILES string of the molecule is CC(CN)C(C)NC(=O)N1CCCC1. The molecule has 2 unspecified atom stereocenters. The van der Waals surface area contributed by atoms with E-state index in [0.717, 1.165) is 25.9 Å². The zero-order chi connectivity index (χ0) is 10.6. The van der Waals surface area contributed by atoms with Crippen LogP contribution < -0.4 is 11.1 Å². The van der Waals surface area contributed by atoms with Gasteiger partial charge in [-0.1, -0.05) is 6.92 Å². The van der Waals surface area contributed by atoms with E-state index in [1.807, 2.05) is 11.8 Å². The molecule has 1 heterocycles. The van der Waals surface area contributed by atoms with Gasteiger partial charge in [0.25, 0.3) is 0 Å². The van der Waals surface area contributed by atoms with Crippen molar-refractivity contribution in [1.82, 2.24) is 10.2 Å². The van der Waals surface area contributed by atoms with E-state index < -0.39 is 0 Å². The summed E-state index contributed by atoms with van der Waals surface area (Å²) in [7, 11) is 0. The highest BCUT2D eigenvalue weighted by Crippen LogP contribution is 2.08. The first-order chi connectivity index (χ1) is 6.65. The number of likely N-dealkylation sites (tertiary alicyclic amines) is 1. The first-order valence-corrected chi connectivity index (χ1v) is 5.40. The van der Waals surface area contributed by atoms with Crippen molar-refractivity contribution in [2.24, 2.45) is 11.7 Å². The summed E-state index contributed by atoms with van der Waals surface area (Å²) < 4.78 is 0. The van der Waals surface area contributed by atoms with Gasteiger partial charge in [0.2, 0.25) is 0 Å². The fourth-order valence-electron chi connectivity index (χ4n) is 1.55. The standard InChI is InChI=1S/C10H21N3O/c1-8(7-11)9(2)12-10(14)13-5-3-4-6-13/h8-9H,3-7,11H2,1-2H3,(H,12,14). The summed E-state index contributed by atoms with van der Waals surface area (Å²) in [5.41, 5.74) is 5.54. The smallest absolute Gasteiger partial charge is 0.317 e. The van der Waals surface area contributed by atoms with Gasteiger partial charge in [0.1, 0.15) is 0 Å². The van der Waals surface area contributed by atoms with Crippen molar-refractivity contribution in [3.8, 4) is 0 Å². The molecule has 1 rings (SSSR count). The molecule has 1 fully saturated rings. The van der Waals surface area contributed by atoms with Crippen LogP contribution in [0.4, 0.5) is 4.79 Å². The number of amides is 2. The minimum atomic E-state index is 0.0651. The Morgan fingerprint density at radius 1 is 1.43 bits per heavy atom. The predicted octanol–water partition coefficient (Wildman–Crippen LogP) is 0.775. The van der Waals surface area contributed by atoms with Crippen LogP contribution in [0.5, 0.6) is 0 Å². The van der Waals surface area contributed by atoms with Gasteiger partial charge in [0.15, 0.2) is 0 Å². The second-order valence-corrected chi connectivity index (χ2v) is 4.15. The summed E-state index contributed by atoms with van der Waals surface area (Å²) in [5.74, 6) is 0.335. The molecule has 1 aliphatic heterocycles. The number of nitrogens with two attached hydrogens (primary N) is 1. The summed E-state index contributed by atoms with van der Waals surface area (Å²) >= 11 is 0. The van der Waals surface area contributed by atoms with Crippen molar-refractivity contribution >= 4 is 6.03 Å². The normalized spacial score (nSPS) is 20.6. The summed E-state index contributed by atoms with van der Waals surface area (Å²) in [4.78, 5) is 13.5. The molecule has 14 heavy (non-hydrogen) atoms. The van der Waals surface area contributed by atoms with Crippen LogP contribution in [0.15, 0.2) is 0 Å². The van der Waals surface area contributed by atoms with E-state index >= 15 is 0 Å². The molecule has 0 bridgehead atoms. The third kappa shape index (κ3) is 2.87. The molecule has 1 aliphatic rings. The number of hydrogen-bond acceptors (Lipinski definition) is 2. The van der Waals surface area contributed by atoms with Crippen LogP contribution in [0.1, 0.15) is 26.7 Å². The van der Waals surface area contributed by atoms with Crippen LogP contribution in [0.3, 0.4) is 0 Å². The van der Waals surface area contributed by atoms with Crippen LogP contribution in [-0.4, -0.2) is 36.6 Å². The molecule has 4 heteroatoms. The van der Waals surface area contributed by atoms with Crippen LogP contribution in [0, 0.1) is 5.92 Å². The van der Waals surface area contributed by atoms with Gasteiger partial charge in [-0.25, -0.2) is 4.79 Å². The van der Waals surface area contributed by atoms with Crippen molar-refractivity contribution in [3.63, 3.8) is 0 Å². The Labute approximate surface area is 85.8 Å². The molecule has 0 radical (unpaired) electrons. The molecule has 0 aromatic rings. The van der Waals surface area contributed by atoms with Crippen molar-refractivity contribution < 1.29 is 4.79 Å². The van der Waals surface area contributed by atoms with Gasteiger partial charge in [0.05, 0.1) is 0 Å². The second kappa shape index (κ2) is 5.20. The van der Waals surface area contributed by atoms with Gasteiger partial charge in [-0.3, -0.25) is 0 Å². The number of nitrogens with zero attached hydrogens (tertiary/aromatic N) is 1. The van der Waals surface area contributed by atoms with Crippen molar-refractivity contribution in [2.45, 2.75) is 32.7 Å². The maximum Gasteiger partial charge on any atom is 0.317 e. The topological polar surface area (TPSA) is 58.4 Å². The largest absolute Gasteiger partial charge is 0.335 e. The maximum absolute atomic E-state index is 11.7. The zero-order valence-corrected chi connectivity index (χ0v) is 9.12. The van der Waals surface area contributed by atoms with E-state index in [9.17, 15) is 4.79 Å². The fourth-order valence-corrected chi connectivity index (χ4v) is 1.55. The van der Waals surface area contributed by atoms with Gasteiger partial charge in [-0.15, -0.1) is 0 Å². The van der Waals surface area contributed by atoms with E-state index in [-0.39, 0.29) is 12.1 Å². The molecule has 3 N–H and O–H groups in total. The second-order valence-electron chi connectivity index (χ2n) is 4.15. The molecule has 0 aromatic heterocycles.